The van der Waals surface area contributed by atoms with Crippen molar-refractivity contribution in [1.82, 2.24) is 0 Å². The van der Waals surface area contributed by atoms with E-state index in [4.69, 9.17) is 43.4 Å². The molecule has 0 aliphatic carbocycles. The molecule has 0 aromatic heterocycles. The fourth-order valence-corrected chi connectivity index (χ4v) is 2.38. The highest BCUT2D eigenvalue weighted by atomic mass is 16.6. The fraction of sp³-hybridized carbons (Fsp3) is 0.793. The lowest BCUT2D eigenvalue weighted by molar-refractivity contribution is -0.149. The zero-order valence-electron chi connectivity index (χ0n) is 26.0. The Kier molecular flexibility index (Phi) is 24.0. The molecule has 0 rings (SSSR count). The minimum Gasteiger partial charge on any atom is -0.460 e. The summed E-state index contributed by atoms with van der Waals surface area (Å²) in [5.74, 6) is -0.865. The number of aliphatic hydroxyl groups excluding tert-OH is 2. The van der Waals surface area contributed by atoms with Crippen molar-refractivity contribution in [2.45, 2.75) is 105 Å². The summed E-state index contributed by atoms with van der Waals surface area (Å²) in [6.45, 7) is 24.9. The first-order valence-electron chi connectivity index (χ1n) is 13.6. The molecule has 11 nitrogen and oxygen atoms in total. The summed E-state index contributed by atoms with van der Waals surface area (Å²) in [6, 6.07) is 0. The maximum atomic E-state index is 11.3. The second kappa shape index (κ2) is 23.8. The van der Waals surface area contributed by atoms with Gasteiger partial charge in [0.1, 0.15) is 12.7 Å². The Morgan fingerprint density at radius 1 is 0.575 bits per heavy atom. The van der Waals surface area contributed by atoms with Crippen molar-refractivity contribution in [3.63, 3.8) is 0 Å². The summed E-state index contributed by atoms with van der Waals surface area (Å²) in [7, 11) is 0. The van der Waals surface area contributed by atoms with E-state index in [9.17, 15) is 9.59 Å². The predicted molar refractivity (Wildman–Crippen MR) is 152 cm³/mol. The topological polar surface area (TPSA) is 139 Å². The summed E-state index contributed by atoms with van der Waals surface area (Å²) in [5, 5.41) is 17.8. The van der Waals surface area contributed by atoms with E-state index in [0.29, 0.717) is 37.6 Å². The standard InChI is InChI=1S/C17H28O6.C12H26O5/c1-11(2)16(18)22-9-14(6)20-8-13(5)21-10-15(7)23-17(19)12(3)4;1-9(14)6-15-11(3)8-17-12(4)7-16-10(2)5-13/h13-15H,1,3,8-10H2,2,4-7H3;9-14H,5-8H2,1-4H3. The Labute approximate surface area is 240 Å². The number of carbonyl (C=O) groups is 2. The van der Waals surface area contributed by atoms with Crippen LogP contribution in [-0.4, -0.2) is 111 Å². The predicted octanol–water partition coefficient (Wildman–Crippen LogP) is 3.00. The van der Waals surface area contributed by atoms with Gasteiger partial charge in [-0.15, -0.1) is 0 Å². The average molecular weight is 579 g/mol. The van der Waals surface area contributed by atoms with E-state index in [1.807, 2.05) is 20.8 Å². The van der Waals surface area contributed by atoms with Crippen LogP contribution in [0, 0.1) is 0 Å². The Hall–Kier alpha value is -1.86. The number of rotatable bonds is 21. The maximum absolute atomic E-state index is 11.3. The first kappa shape index (κ1) is 40.3. The largest absolute Gasteiger partial charge is 0.460 e. The van der Waals surface area contributed by atoms with Gasteiger partial charge < -0.3 is 43.4 Å². The smallest absolute Gasteiger partial charge is 0.333 e. The van der Waals surface area contributed by atoms with Crippen molar-refractivity contribution in [2.75, 3.05) is 46.2 Å². The quantitative estimate of drug-likeness (QED) is 0.153. The molecule has 0 amide bonds. The van der Waals surface area contributed by atoms with Crippen LogP contribution in [0.15, 0.2) is 24.3 Å². The van der Waals surface area contributed by atoms with E-state index in [-0.39, 0.29) is 56.4 Å². The molecule has 0 fully saturated rings. The van der Waals surface area contributed by atoms with Crippen LogP contribution in [0.5, 0.6) is 0 Å². The van der Waals surface area contributed by atoms with Crippen LogP contribution < -0.4 is 0 Å². The molecule has 0 bridgehead atoms. The molecule has 0 aliphatic heterocycles. The molecular weight excluding hydrogens is 524 g/mol. The van der Waals surface area contributed by atoms with Gasteiger partial charge in [-0.2, -0.15) is 0 Å². The molecule has 236 valence electrons. The van der Waals surface area contributed by atoms with Crippen molar-refractivity contribution in [3.8, 4) is 0 Å². The van der Waals surface area contributed by atoms with Gasteiger partial charge in [0.15, 0.2) is 0 Å². The molecule has 11 heteroatoms. The van der Waals surface area contributed by atoms with E-state index in [0.717, 1.165) is 0 Å². The summed E-state index contributed by atoms with van der Waals surface area (Å²) in [5.41, 5.74) is 0.707. The van der Waals surface area contributed by atoms with Crippen molar-refractivity contribution < 1.29 is 53.0 Å². The van der Waals surface area contributed by atoms with E-state index in [1.54, 1.807) is 41.5 Å². The molecule has 7 atom stereocenters. The molecule has 7 unspecified atom stereocenters. The van der Waals surface area contributed by atoms with Gasteiger partial charge in [-0.05, 0) is 62.3 Å². The molecule has 2 N–H and O–H groups in total. The highest BCUT2D eigenvalue weighted by Gasteiger charge is 2.14. The highest BCUT2D eigenvalue weighted by molar-refractivity contribution is 5.87. The molecule has 0 saturated heterocycles. The number of esters is 2. The molecule has 0 heterocycles. The monoisotopic (exact) mass is 578 g/mol. The Balaban J connectivity index is 0. The SMILES string of the molecule is C=C(C)C(=O)OCC(C)OCC(C)OCC(C)OC(=O)C(=C)C.CC(O)COC(C)COC(C)COC(C)CO. The number of hydrogen-bond acceptors (Lipinski definition) is 11. The van der Waals surface area contributed by atoms with E-state index < -0.39 is 18.0 Å². The van der Waals surface area contributed by atoms with Gasteiger partial charge in [-0.25, -0.2) is 9.59 Å². The van der Waals surface area contributed by atoms with Crippen LogP contribution in [0.3, 0.4) is 0 Å². The summed E-state index contributed by atoms with van der Waals surface area (Å²) < 4.78 is 37.4. The minimum absolute atomic E-state index is 0.0145. The van der Waals surface area contributed by atoms with Gasteiger partial charge in [0.25, 0.3) is 0 Å². The van der Waals surface area contributed by atoms with Crippen molar-refractivity contribution >= 4 is 11.9 Å². The van der Waals surface area contributed by atoms with Crippen molar-refractivity contribution in [3.05, 3.63) is 24.3 Å². The van der Waals surface area contributed by atoms with Crippen molar-refractivity contribution in [1.29, 1.82) is 0 Å². The van der Waals surface area contributed by atoms with E-state index in [1.165, 1.54) is 0 Å². The van der Waals surface area contributed by atoms with Gasteiger partial charge in [-0.1, -0.05) is 13.2 Å². The van der Waals surface area contributed by atoms with Crippen LogP contribution in [0.1, 0.15) is 62.3 Å². The minimum atomic E-state index is -0.455. The number of hydrogen-bond donors (Lipinski definition) is 2. The number of ether oxygens (including phenoxy) is 7. The molecule has 0 aromatic carbocycles. The molecule has 0 radical (unpaired) electrons. The first-order valence-corrected chi connectivity index (χ1v) is 13.6. The van der Waals surface area contributed by atoms with E-state index >= 15 is 0 Å². The number of carbonyl (C=O) groups excluding carboxylic acids is 2. The third kappa shape index (κ3) is 25.1. The Morgan fingerprint density at radius 2 is 0.925 bits per heavy atom. The molecule has 0 aromatic rings. The van der Waals surface area contributed by atoms with Crippen LogP contribution in [-0.2, 0) is 42.7 Å². The van der Waals surface area contributed by atoms with Crippen LogP contribution in [0.25, 0.3) is 0 Å². The lowest BCUT2D eigenvalue weighted by Crippen LogP contribution is -2.28. The van der Waals surface area contributed by atoms with Gasteiger partial charge in [0.2, 0.25) is 0 Å². The Morgan fingerprint density at radius 3 is 1.30 bits per heavy atom. The molecule has 40 heavy (non-hydrogen) atoms. The zero-order valence-corrected chi connectivity index (χ0v) is 26.0. The van der Waals surface area contributed by atoms with E-state index in [2.05, 4.69) is 13.2 Å². The first-order chi connectivity index (χ1) is 18.6. The van der Waals surface area contributed by atoms with Gasteiger partial charge in [0.05, 0.1) is 76.3 Å². The summed E-state index contributed by atoms with van der Waals surface area (Å²) >= 11 is 0. The summed E-state index contributed by atoms with van der Waals surface area (Å²) in [6.07, 6.45) is -1.50. The fourth-order valence-electron chi connectivity index (χ4n) is 2.38. The molecule has 0 aliphatic rings. The average Bonchev–Trinajstić information content (AvgIpc) is 2.89. The number of aliphatic hydroxyl groups is 2. The van der Waals surface area contributed by atoms with Gasteiger partial charge in [-0.3, -0.25) is 0 Å². The van der Waals surface area contributed by atoms with Gasteiger partial charge in [0, 0.05) is 11.1 Å². The molecule has 0 spiro atoms. The second-order valence-electron chi connectivity index (χ2n) is 10.1. The molecular formula is C29H54O11. The van der Waals surface area contributed by atoms with Gasteiger partial charge >= 0.3 is 11.9 Å². The maximum Gasteiger partial charge on any atom is 0.333 e. The van der Waals surface area contributed by atoms with Crippen LogP contribution in [0.2, 0.25) is 0 Å². The molecule has 0 saturated carbocycles. The van der Waals surface area contributed by atoms with Crippen LogP contribution >= 0.6 is 0 Å². The highest BCUT2D eigenvalue weighted by Crippen LogP contribution is 2.04. The third-order valence-corrected chi connectivity index (χ3v) is 4.80. The second-order valence-corrected chi connectivity index (χ2v) is 10.1. The lowest BCUT2D eigenvalue weighted by atomic mass is 10.3. The zero-order chi connectivity index (χ0) is 31.3. The van der Waals surface area contributed by atoms with Crippen molar-refractivity contribution in [2.24, 2.45) is 0 Å². The lowest BCUT2D eigenvalue weighted by Gasteiger charge is -2.20. The summed E-state index contributed by atoms with van der Waals surface area (Å²) in [4.78, 5) is 22.6. The third-order valence-electron chi connectivity index (χ3n) is 4.80. The normalized spacial score (nSPS) is 16.3. The Bertz CT molecular complexity index is 710. The van der Waals surface area contributed by atoms with Crippen LogP contribution in [0.4, 0.5) is 0 Å².